The van der Waals surface area contributed by atoms with E-state index in [-0.39, 0.29) is 12.5 Å². The minimum atomic E-state index is -4.34. The van der Waals surface area contributed by atoms with Gasteiger partial charge in [-0.1, -0.05) is 18.2 Å². The van der Waals surface area contributed by atoms with Crippen LogP contribution in [0.25, 0.3) is 0 Å². The first kappa shape index (κ1) is 16.3. The molecule has 2 unspecified atom stereocenters. The maximum atomic E-state index is 12.6. The molecule has 118 valence electrons. The van der Waals surface area contributed by atoms with Gasteiger partial charge in [-0.3, -0.25) is 0 Å². The van der Waals surface area contributed by atoms with Crippen molar-refractivity contribution in [2.24, 2.45) is 0 Å². The summed E-state index contributed by atoms with van der Waals surface area (Å²) in [4.78, 5) is 0. The third kappa shape index (κ3) is 5.32. The van der Waals surface area contributed by atoms with E-state index in [9.17, 15) is 18.3 Å². The van der Waals surface area contributed by atoms with Gasteiger partial charge in [-0.15, -0.1) is 0 Å². The molecule has 1 heterocycles. The number of aliphatic hydroxyl groups excluding tert-OH is 1. The van der Waals surface area contributed by atoms with Crippen molar-refractivity contribution in [2.75, 3.05) is 6.61 Å². The second kappa shape index (κ2) is 7.27. The minimum absolute atomic E-state index is 0.190. The van der Waals surface area contributed by atoms with Crippen LogP contribution in [0.2, 0.25) is 0 Å². The van der Waals surface area contributed by atoms with Gasteiger partial charge in [0.2, 0.25) is 0 Å². The lowest BCUT2D eigenvalue weighted by molar-refractivity contribution is -0.137. The van der Waals surface area contributed by atoms with Crippen LogP contribution in [-0.2, 0) is 17.3 Å². The van der Waals surface area contributed by atoms with Crippen molar-refractivity contribution in [3.8, 4) is 0 Å². The van der Waals surface area contributed by atoms with Crippen LogP contribution in [0.1, 0.15) is 43.2 Å². The highest BCUT2D eigenvalue weighted by atomic mass is 19.4. The molecular formula is C16H21F3O2. The van der Waals surface area contributed by atoms with E-state index in [1.165, 1.54) is 6.07 Å². The first-order chi connectivity index (χ1) is 9.95. The molecule has 0 spiro atoms. The van der Waals surface area contributed by atoms with Gasteiger partial charge in [0.1, 0.15) is 0 Å². The lowest BCUT2D eigenvalue weighted by Crippen LogP contribution is -2.21. The standard InChI is InChI=1S/C16H21F3O2/c17-16(18,19)13-5-3-4-12(10-13)11-14(20)7-8-15-6-1-2-9-21-15/h3-5,10,14-15,20H,1-2,6-9,11H2. The van der Waals surface area contributed by atoms with E-state index in [4.69, 9.17) is 4.74 Å². The Morgan fingerprint density at radius 2 is 2.10 bits per heavy atom. The first-order valence-corrected chi connectivity index (χ1v) is 7.41. The molecule has 1 N–H and O–H groups in total. The van der Waals surface area contributed by atoms with Crippen LogP contribution in [0.4, 0.5) is 13.2 Å². The Bertz CT molecular complexity index is 439. The van der Waals surface area contributed by atoms with Crippen molar-refractivity contribution in [2.45, 2.75) is 56.9 Å². The van der Waals surface area contributed by atoms with E-state index in [0.717, 1.165) is 44.4 Å². The average molecular weight is 302 g/mol. The molecule has 2 atom stereocenters. The molecule has 1 aliphatic heterocycles. The zero-order chi connectivity index (χ0) is 15.3. The Balaban J connectivity index is 1.83. The SMILES string of the molecule is OC(CCC1CCCCO1)Cc1cccc(C(F)(F)F)c1. The van der Waals surface area contributed by atoms with Crippen molar-refractivity contribution in [3.05, 3.63) is 35.4 Å². The van der Waals surface area contributed by atoms with Crippen LogP contribution in [0, 0.1) is 0 Å². The van der Waals surface area contributed by atoms with Crippen LogP contribution in [0.15, 0.2) is 24.3 Å². The van der Waals surface area contributed by atoms with Gasteiger partial charge in [-0.2, -0.15) is 13.2 Å². The molecule has 1 aliphatic rings. The predicted octanol–water partition coefficient (Wildman–Crippen LogP) is 3.96. The van der Waals surface area contributed by atoms with Gasteiger partial charge < -0.3 is 9.84 Å². The van der Waals surface area contributed by atoms with Crippen LogP contribution >= 0.6 is 0 Å². The summed E-state index contributed by atoms with van der Waals surface area (Å²) >= 11 is 0. The molecule has 1 saturated heterocycles. The second-order valence-corrected chi connectivity index (χ2v) is 5.62. The summed E-state index contributed by atoms with van der Waals surface area (Å²) in [6.45, 7) is 0.772. The molecule has 0 bridgehead atoms. The maximum absolute atomic E-state index is 12.6. The minimum Gasteiger partial charge on any atom is -0.393 e. The summed E-state index contributed by atoms with van der Waals surface area (Å²) in [6, 6.07) is 5.16. The number of hydrogen-bond donors (Lipinski definition) is 1. The van der Waals surface area contributed by atoms with Gasteiger partial charge >= 0.3 is 6.18 Å². The Morgan fingerprint density at radius 1 is 1.29 bits per heavy atom. The largest absolute Gasteiger partial charge is 0.416 e. The monoisotopic (exact) mass is 302 g/mol. The number of alkyl halides is 3. The van der Waals surface area contributed by atoms with Crippen molar-refractivity contribution in [1.29, 1.82) is 0 Å². The molecule has 2 rings (SSSR count). The third-order valence-corrected chi connectivity index (χ3v) is 3.82. The molecule has 0 aliphatic carbocycles. The predicted molar refractivity (Wildman–Crippen MR) is 74.0 cm³/mol. The number of aliphatic hydroxyl groups is 1. The maximum Gasteiger partial charge on any atom is 0.416 e. The molecule has 0 amide bonds. The second-order valence-electron chi connectivity index (χ2n) is 5.62. The van der Waals surface area contributed by atoms with E-state index < -0.39 is 17.8 Å². The average Bonchev–Trinajstić information content (AvgIpc) is 2.46. The number of halogens is 3. The summed E-state index contributed by atoms with van der Waals surface area (Å²) in [6.07, 6.45) is 0.0386. The smallest absolute Gasteiger partial charge is 0.393 e. The summed E-state index contributed by atoms with van der Waals surface area (Å²) in [7, 11) is 0. The van der Waals surface area contributed by atoms with Crippen molar-refractivity contribution in [1.82, 2.24) is 0 Å². The molecule has 1 aromatic carbocycles. The molecule has 0 aromatic heterocycles. The van der Waals surface area contributed by atoms with Crippen LogP contribution in [-0.4, -0.2) is 23.9 Å². The molecule has 0 radical (unpaired) electrons. The van der Waals surface area contributed by atoms with Crippen molar-refractivity contribution in [3.63, 3.8) is 0 Å². The number of hydrogen-bond acceptors (Lipinski definition) is 2. The van der Waals surface area contributed by atoms with E-state index in [1.807, 2.05) is 0 Å². The van der Waals surface area contributed by atoms with Gasteiger partial charge in [0.15, 0.2) is 0 Å². The highest BCUT2D eigenvalue weighted by Crippen LogP contribution is 2.30. The van der Waals surface area contributed by atoms with Gasteiger partial charge in [0.05, 0.1) is 17.8 Å². The summed E-state index contributed by atoms with van der Waals surface area (Å²) in [5.41, 5.74) is -0.148. The van der Waals surface area contributed by atoms with Crippen molar-refractivity contribution < 1.29 is 23.0 Å². The Kier molecular flexibility index (Phi) is 5.65. The highest BCUT2D eigenvalue weighted by molar-refractivity contribution is 5.26. The van der Waals surface area contributed by atoms with Gasteiger partial charge in [0, 0.05) is 6.61 Å². The van der Waals surface area contributed by atoms with Crippen LogP contribution < -0.4 is 0 Å². The molecular weight excluding hydrogens is 281 g/mol. The normalized spacial score (nSPS) is 21.2. The molecule has 21 heavy (non-hydrogen) atoms. The lowest BCUT2D eigenvalue weighted by Gasteiger charge is -2.23. The number of benzene rings is 1. The molecule has 5 heteroatoms. The Hall–Kier alpha value is -1.07. The van der Waals surface area contributed by atoms with Gasteiger partial charge in [-0.25, -0.2) is 0 Å². The van der Waals surface area contributed by atoms with Crippen molar-refractivity contribution >= 4 is 0 Å². The molecule has 0 saturated carbocycles. The fourth-order valence-corrected chi connectivity index (χ4v) is 2.66. The zero-order valence-corrected chi connectivity index (χ0v) is 11.9. The van der Waals surface area contributed by atoms with E-state index >= 15 is 0 Å². The lowest BCUT2D eigenvalue weighted by atomic mass is 9.98. The summed E-state index contributed by atoms with van der Waals surface area (Å²) < 4.78 is 43.4. The summed E-state index contributed by atoms with van der Waals surface area (Å²) in [5.74, 6) is 0. The fourth-order valence-electron chi connectivity index (χ4n) is 2.66. The molecule has 2 nitrogen and oxygen atoms in total. The Labute approximate surface area is 122 Å². The summed E-state index contributed by atoms with van der Waals surface area (Å²) in [5, 5.41) is 9.99. The Morgan fingerprint density at radius 3 is 2.76 bits per heavy atom. The van der Waals surface area contributed by atoms with Crippen LogP contribution in [0.3, 0.4) is 0 Å². The van der Waals surface area contributed by atoms with Gasteiger partial charge in [-0.05, 0) is 50.2 Å². The third-order valence-electron chi connectivity index (χ3n) is 3.82. The number of ether oxygens (including phenoxy) is 1. The van der Waals surface area contributed by atoms with E-state index in [2.05, 4.69) is 0 Å². The van der Waals surface area contributed by atoms with Crippen LogP contribution in [0.5, 0.6) is 0 Å². The fraction of sp³-hybridized carbons (Fsp3) is 0.625. The zero-order valence-electron chi connectivity index (χ0n) is 11.9. The topological polar surface area (TPSA) is 29.5 Å². The number of rotatable bonds is 5. The highest BCUT2D eigenvalue weighted by Gasteiger charge is 2.30. The molecule has 1 fully saturated rings. The quantitative estimate of drug-likeness (QED) is 0.892. The molecule has 1 aromatic rings. The van der Waals surface area contributed by atoms with Gasteiger partial charge in [0.25, 0.3) is 0 Å². The van der Waals surface area contributed by atoms with E-state index in [1.54, 1.807) is 6.07 Å². The van der Waals surface area contributed by atoms with E-state index in [0.29, 0.717) is 12.0 Å². The first-order valence-electron chi connectivity index (χ1n) is 7.41.